The zero-order valence-corrected chi connectivity index (χ0v) is 19.1. The Balaban J connectivity index is 1.92. The van der Waals surface area contributed by atoms with E-state index in [0.717, 1.165) is 10.5 Å². The van der Waals surface area contributed by atoms with Gasteiger partial charge in [0.1, 0.15) is 6.04 Å². The minimum Gasteiger partial charge on any atom is -0.383 e. The second-order valence-corrected chi connectivity index (χ2v) is 11.0. The Labute approximate surface area is 178 Å². The fourth-order valence-electron chi connectivity index (χ4n) is 4.04. The number of carbonyl (C=O) groups excluding carboxylic acids is 2. The van der Waals surface area contributed by atoms with E-state index in [9.17, 15) is 18.0 Å². The number of imide groups is 1. The molecule has 3 amide bonds. The molecule has 0 spiro atoms. The molecule has 2 heterocycles. The second-order valence-electron chi connectivity index (χ2n) is 9.09. The minimum atomic E-state index is -3.81. The van der Waals surface area contributed by atoms with E-state index in [1.807, 2.05) is 39.8 Å². The molecule has 0 saturated carbocycles. The second kappa shape index (κ2) is 8.28. The highest BCUT2D eigenvalue weighted by Crippen LogP contribution is 2.32. The van der Waals surface area contributed by atoms with E-state index in [-0.39, 0.29) is 43.1 Å². The van der Waals surface area contributed by atoms with Crippen LogP contribution >= 0.6 is 0 Å². The lowest BCUT2D eigenvalue weighted by Gasteiger charge is -2.30. The summed E-state index contributed by atoms with van der Waals surface area (Å²) in [5, 5.41) is 0. The van der Waals surface area contributed by atoms with E-state index in [0.29, 0.717) is 12.5 Å². The van der Waals surface area contributed by atoms with Gasteiger partial charge in [-0.2, -0.15) is 4.31 Å². The van der Waals surface area contributed by atoms with Crippen LogP contribution in [0, 0.1) is 5.41 Å². The van der Waals surface area contributed by atoms with Crippen LogP contribution in [0.5, 0.6) is 0 Å². The number of benzene rings is 1. The van der Waals surface area contributed by atoms with Gasteiger partial charge in [0.05, 0.1) is 18.0 Å². The third kappa shape index (κ3) is 4.24. The maximum Gasteiger partial charge on any atom is 0.327 e. The van der Waals surface area contributed by atoms with Crippen LogP contribution < -0.4 is 0 Å². The number of urea groups is 1. The van der Waals surface area contributed by atoms with E-state index >= 15 is 0 Å². The zero-order chi connectivity index (χ0) is 22.3. The summed E-state index contributed by atoms with van der Waals surface area (Å²) in [5.74, 6) is -0.0715. The van der Waals surface area contributed by atoms with E-state index in [1.54, 1.807) is 12.1 Å². The third-order valence-corrected chi connectivity index (χ3v) is 7.51. The molecule has 1 aromatic rings. The molecule has 0 bridgehead atoms. The summed E-state index contributed by atoms with van der Waals surface area (Å²) >= 11 is 0. The van der Waals surface area contributed by atoms with Crippen molar-refractivity contribution in [3.05, 3.63) is 29.8 Å². The summed E-state index contributed by atoms with van der Waals surface area (Å²) < 4.78 is 33.2. The fraction of sp³-hybridized carbons (Fsp3) is 0.619. The standard InChI is InChI=1S/C21H31N3O5S/c1-15(2)16-6-8-17(9-7-16)30(27,28)22-12-18-19(25)23(10-11-29-5)20(26)24(18)14-21(3,4)13-22/h6-9,15,18H,10-14H2,1-5H3. The zero-order valence-electron chi connectivity index (χ0n) is 18.3. The molecule has 2 aliphatic rings. The van der Waals surface area contributed by atoms with Crippen molar-refractivity contribution in [3.8, 4) is 0 Å². The molecule has 0 N–H and O–H groups in total. The summed E-state index contributed by atoms with van der Waals surface area (Å²) in [6.45, 7) is 8.81. The Morgan fingerprint density at radius 3 is 2.33 bits per heavy atom. The van der Waals surface area contributed by atoms with E-state index in [2.05, 4.69) is 0 Å². The predicted molar refractivity (Wildman–Crippen MR) is 113 cm³/mol. The Morgan fingerprint density at radius 1 is 1.13 bits per heavy atom. The molecule has 0 radical (unpaired) electrons. The molecule has 1 aromatic carbocycles. The van der Waals surface area contributed by atoms with Crippen molar-refractivity contribution in [1.82, 2.24) is 14.1 Å². The highest BCUT2D eigenvalue weighted by atomic mass is 32.2. The van der Waals surface area contributed by atoms with Crippen molar-refractivity contribution < 1.29 is 22.7 Å². The van der Waals surface area contributed by atoms with E-state index in [4.69, 9.17) is 4.74 Å². The monoisotopic (exact) mass is 437 g/mol. The van der Waals surface area contributed by atoms with Crippen molar-refractivity contribution in [2.24, 2.45) is 5.41 Å². The van der Waals surface area contributed by atoms with Crippen LogP contribution in [0.3, 0.4) is 0 Å². The van der Waals surface area contributed by atoms with Gasteiger partial charge < -0.3 is 9.64 Å². The van der Waals surface area contributed by atoms with Crippen LogP contribution in [-0.2, 0) is 19.6 Å². The molecule has 2 fully saturated rings. The molecular weight excluding hydrogens is 406 g/mol. The molecule has 9 heteroatoms. The lowest BCUT2D eigenvalue weighted by Crippen LogP contribution is -2.44. The molecule has 0 aliphatic carbocycles. The quantitative estimate of drug-likeness (QED) is 0.636. The van der Waals surface area contributed by atoms with Gasteiger partial charge in [-0.1, -0.05) is 39.8 Å². The molecular formula is C21H31N3O5S. The molecule has 166 valence electrons. The average molecular weight is 438 g/mol. The summed E-state index contributed by atoms with van der Waals surface area (Å²) in [7, 11) is -2.31. The van der Waals surface area contributed by atoms with Crippen LogP contribution in [0.1, 0.15) is 39.2 Å². The van der Waals surface area contributed by atoms with Crippen molar-refractivity contribution in [3.63, 3.8) is 0 Å². The summed E-state index contributed by atoms with van der Waals surface area (Å²) in [6, 6.07) is 5.68. The van der Waals surface area contributed by atoms with Crippen LogP contribution in [0.25, 0.3) is 0 Å². The van der Waals surface area contributed by atoms with Crippen molar-refractivity contribution in [2.45, 2.75) is 44.6 Å². The molecule has 0 aromatic heterocycles. The first-order chi connectivity index (χ1) is 14.0. The first kappa shape index (κ1) is 22.7. The lowest BCUT2D eigenvalue weighted by molar-refractivity contribution is -0.128. The molecule has 30 heavy (non-hydrogen) atoms. The Kier molecular flexibility index (Phi) is 6.27. The maximum absolute atomic E-state index is 13.4. The molecule has 8 nitrogen and oxygen atoms in total. The number of ether oxygens (including phenoxy) is 1. The maximum atomic E-state index is 13.4. The Hall–Kier alpha value is -1.97. The largest absolute Gasteiger partial charge is 0.383 e. The number of fused-ring (bicyclic) bond motifs is 1. The summed E-state index contributed by atoms with van der Waals surface area (Å²) in [4.78, 5) is 28.6. The van der Waals surface area contributed by atoms with Gasteiger partial charge in [0.15, 0.2) is 0 Å². The third-order valence-electron chi connectivity index (χ3n) is 5.69. The first-order valence-corrected chi connectivity index (χ1v) is 11.6. The number of amides is 3. The van der Waals surface area contributed by atoms with Crippen molar-refractivity contribution in [2.75, 3.05) is 39.9 Å². The summed E-state index contributed by atoms with van der Waals surface area (Å²) in [6.07, 6.45) is 0. The summed E-state index contributed by atoms with van der Waals surface area (Å²) in [5.41, 5.74) is 0.550. The SMILES string of the molecule is COCCN1C(=O)C2CN(S(=O)(=O)c3ccc(C(C)C)cc3)CC(C)(C)CN2C1=O. The van der Waals surface area contributed by atoms with Gasteiger partial charge in [0.2, 0.25) is 10.0 Å². The fourth-order valence-corrected chi connectivity index (χ4v) is 5.68. The van der Waals surface area contributed by atoms with Gasteiger partial charge in [-0.05, 0) is 29.0 Å². The van der Waals surface area contributed by atoms with Crippen molar-refractivity contribution >= 4 is 22.0 Å². The number of methoxy groups -OCH3 is 1. The van der Waals surface area contributed by atoms with Gasteiger partial charge in [0.25, 0.3) is 5.91 Å². The molecule has 1 atom stereocenters. The van der Waals surface area contributed by atoms with E-state index in [1.165, 1.54) is 16.3 Å². The molecule has 2 saturated heterocycles. The average Bonchev–Trinajstić information content (AvgIpc) is 2.81. The number of carbonyl (C=O) groups is 2. The molecule has 1 unspecified atom stereocenters. The minimum absolute atomic E-state index is 0.0499. The van der Waals surface area contributed by atoms with Crippen LogP contribution in [0.4, 0.5) is 4.79 Å². The number of hydrogen-bond acceptors (Lipinski definition) is 5. The lowest BCUT2D eigenvalue weighted by atomic mass is 9.93. The van der Waals surface area contributed by atoms with Crippen molar-refractivity contribution in [1.29, 1.82) is 0 Å². The molecule has 3 rings (SSSR count). The highest BCUT2D eigenvalue weighted by Gasteiger charge is 2.51. The number of hydrogen-bond donors (Lipinski definition) is 0. The number of rotatable bonds is 6. The van der Waals surface area contributed by atoms with Crippen LogP contribution in [0.2, 0.25) is 0 Å². The van der Waals surface area contributed by atoms with Crippen LogP contribution in [-0.4, -0.2) is 80.4 Å². The van der Waals surface area contributed by atoms with Gasteiger partial charge in [-0.15, -0.1) is 0 Å². The van der Waals surface area contributed by atoms with Gasteiger partial charge in [-0.3, -0.25) is 9.69 Å². The number of sulfonamides is 1. The smallest absolute Gasteiger partial charge is 0.327 e. The normalized spacial score (nSPS) is 22.5. The first-order valence-electron chi connectivity index (χ1n) is 10.2. The Morgan fingerprint density at radius 2 is 1.77 bits per heavy atom. The van der Waals surface area contributed by atoms with Gasteiger partial charge >= 0.3 is 6.03 Å². The van der Waals surface area contributed by atoms with Crippen LogP contribution in [0.15, 0.2) is 29.2 Å². The highest BCUT2D eigenvalue weighted by molar-refractivity contribution is 7.89. The van der Waals surface area contributed by atoms with Gasteiger partial charge in [0, 0.05) is 26.7 Å². The topological polar surface area (TPSA) is 87.2 Å². The Bertz CT molecular complexity index is 911. The molecule has 2 aliphatic heterocycles. The van der Waals surface area contributed by atoms with E-state index < -0.39 is 21.5 Å². The number of nitrogens with zero attached hydrogens (tertiary/aromatic N) is 3. The van der Waals surface area contributed by atoms with Gasteiger partial charge in [-0.25, -0.2) is 13.2 Å². The predicted octanol–water partition coefficient (Wildman–Crippen LogP) is 2.12.